The van der Waals surface area contributed by atoms with Gasteiger partial charge < -0.3 is 5.73 Å². The summed E-state index contributed by atoms with van der Waals surface area (Å²) in [4.78, 5) is 0. The number of nitrogens with two attached hydrogens (primary N) is 1. The Kier molecular flexibility index (Phi) is 4.26. The van der Waals surface area contributed by atoms with Crippen molar-refractivity contribution >= 4 is 11.6 Å². The van der Waals surface area contributed by atoms with Crippen molar-refractivity contribution < 1.29 is 0 Å². The molecule has 13 heavy (non-hydrogen) atoms. The lowest BCUT2D eigenvalue weighted by Crippen LogP contribution is -2.11. The Morgan fingerprint density at radius 2 is 1.92 bits per heavy atom. The molecule has 0 aliphatic carbocycles. The van der Waals surface area contributed by atoms with Crippen LogP contribution in [0.1, 0.15) is 18.9 Å². The Hall–Kier alpha value is -0.530. The summed E-state index contributed by atoms with van der Waals surface area (Å²) in [7, 11) is 0. The average molecular weight is 198 g/mol. The maximum Gasteiger partial charge on any atom is 0.0406 e. The van der Waals surface area contributed by atoms with Gasteiger partial charge in [-0.3, -0.25) is 0 Å². The Morgan fingerprint density at radius 3 is 2.46 bits per heavy atom. The molecule has 0 saturated heterocycles. The van der Waals surface area contributed by atoms with Crippen LogP contribution >= 0.6 is 11.6 Å². The second-order valence-corrected chi connectivity index (χ2v) is 3.94. The van der Waals surface area contributed by atoms with Gasteiger partial charge in [0, 0.05) is 5.02 Å². The number of hydrogen-bond donors (Lipinski definition) is 1. The molecule has 1 nitrogen and oxygen atoms in total. The van der Waals surface area contributed by atoms with Gasteiger partial charge in [0.2, 0.25) is 0 Å². The first-order valence-corrected chi connectivity index (χ1v) is 5.04. The van der Waals surface area contributed by atoms with E-state index in [4.69, 9.17) is 17.3 Å². The van der Waals surface area contributed by atoms with E-state index in [9.17, 15) is 0 Å². The highest BCUT2D eigenvalue weighted by atomic mass is 35.5. The van der Waals surface area contributed by atoms with Crippen molar-refractivity contribution in [3.63, 3.8) is 0 Å². The summed E-state index contributed by atoms with van der Waals surface area (Å²) in [5, 5.41) is 0.802. The molecule has 0 heterocycles. The van der Waals surface area contributed by atoms with Crippen LogP contribution in [0.15, 0.2) is 24.3 Å². The van der Waals surface area contributed by atoms with Crippen molar-refractivity contribution in [2.45, 2.75) is 19.8 Å². The topological polar surface area (TPSA) is 26.0 Å². The minimum absolute atomic E-state index is 0.607. The molecule has 0 saturated carbocycles. The van der Waals surface area contributed by atoms with E-state index < -0.39 is 0 Å². The highest BCUT2D eigenvalue weighted by Gasteiger charge is 1.99. The maximum absolute atomic E-state index is 5.78. The van der Waals surface area contributed by atoms with Gasteiger partial charge >= 0.3 is 0 Å². The minimum Gasteiger partial charge on any atom is -0.330 e. The van der Waals surface area contributed by atoms with Gasteiger partial charge in [-0.15, -0.1) is 0 Å². The summed E-state index contributed by atoms with van der Waals surface area (Å²) in [5.41, 5.74) is 6.88. The van der Waals surface area contributed by atoms with Gasteiger partial charge in [0.15, 0.2) is 0 Å². The monoisotopic (exact) mass is 197 g/mol. The fraction of sp³-hybridized carbons (Fsp3) is 0.455. The van der Waals surface area contributed by atoms with E-state index in [1.54, 1.807) is 0 Å². The molecule has 1 unspecified atom stereocenters. The zero-order valence-electron chi connectivity index (χ0n) is 7.96. The van der Waals surface area contributed by atoms with Crippen LogP contribution in [-0.2, 0) is 6.42 Å². The fourth-order valence-electron chi connectivity index (χ4n) is 1.18. The first-order valence-electron chi connectivity index (χ1n) is 4.67. The molecule has 1 atom stereocenters. The van der Waals surface area contributed by atoms with E-state index in [0.717, 1.165) is 24.4 Å². The Bertz CT molecular complexity index is 243. The van der Waals surface area contributed by atoms with Crippen molar-refractivity contribution in [3.05, 3.63) is 34.9 Å². The molecule has 0 fully saturated rings. The lowest BCUT2D eigenvalue weighted by molar-refractivity contribution is 0.544. The van der Waals surface area contributed by atoms with Gasteiger partial charge in [0.05, 0.1) is 0 Å². The quantitative estimate of drug-likeness (QED) is 0.790. The van der Waals surface area contributed by atoms with E-state index in [2.05, 4.69) is 19.1 Å². The van der Waals surface area contributed by atoms with Gasteiger partial charge in [0.1, 0.15) is 0 Å². The lowest BCUT2D eigenvalue weighted by Gasteiger charge is -2.07. The third kappa shape index (κ3) is 3.79. The number of halogens is 1. The zero-order chi connectivity index (χ0) is 9.68. The summed E-state index contributed by atoms with van der Waals surface area (Å²) in [6, 6.07) is 8.02. The molecule has 2 heteroatoms. The fourth-order valence-corrected chi connectivity index (χ4v) is 1.31. The molecule has 0 amide bonds. The molecule has 72 valence electrons. The Balaban J connectivity index is 2.41. The second kappa shape index (κ2) is 5.25. The van der Waals surface area contributed by atoms with E-state index >= 15 is 0 Å². The highest BCUT2D eigenvalue weighted by molar-refractivity contribution is 6.30. The molecule has 1 aromatic rings. The highest BCUT2D eigenvalue weighted by Crippen LogP contribution is 2.12. The van der Waals surface area contributed by atoms with Crippen LogP contribution in [0.2, 0.25) is 5.02 Å². The Labute approximate surface area is 84.9 Å². The molecule has 0 aromatic heterocycles. The predicted octanol–water partition coefficient (Wildman–Crippen LogP) is 2.87. The summed E-state index contributed by atoms with van der Waals surface area (Å²) >= 11 is 5.78. The molecule has 0 spiro atoms. The molecular weight excluding hydrogens is 182 g/mol. The van der Waals surface area contributed by atoms with Crippen LogP contribution in [0.4, 0.5) is 0 Å². The van der Waals surface area contributed by atoms with Crippen LogP contribution in [0, 0.1) is 5.92 Å². The van der Waals surface area contributed by atoms with Crippen molar-refractivity contribution in [1.82, 2.24) is 0 Å². The maximum atomic E-state index is 5.78. The van der Waals surface area contributed by atoms with Crippen LogP contribution in [0.25, 0.3) is 0 Å². The third-order valence-corrected chi connectivity index (χ3v) is 2.49. The molecule has 1 rings (SSSR count). The average Bonchev–Trinajstić information content (AvgIpc) is 2.16. The molecule has 0 bridgehead atoms. The smallest absolute Gasteiger partial charge is 0.0406 e. The molecule has 1 aromatic carbocycles. The van der Waals surface area contributed by atoms with E-state index in [1.165, 1.54) is 5.56 Å². The van der Waals surface area contributed by atoms with Crippen LogP contribution in [-0.4, -0.2) is 6.54 Å². The SMILES string of the molecule is CC(CN)CCc1ccc(Cl)cc1. The van der Waals surface area contributed by atoms with Crippen LogP contribution in [0.3, 0.4) is 0 Å². The summed E-state index contributed by atoms with van der Waals surface area (Å²) in [6.45, 7) is 2.95. The third-order valence-electron chi connectivity index (χ3n) is 2.24. The Morgan fingerprint density at radius 1 is 1.31 bits per heavy atom. The second-order valence-electron chi connectivity index (χ2n) is 3.51. The molecular formula is C11H16ClN. The largest absolute Gasteiger partial charge is 0.330 e. The predicted molar refractivity (Wildman–Crippen MR) is 58.0 cm³/mol. The molecule has 0 aliphatic heterocycles. The van der Waals surface area contributed by atoms with Gasteiger partial charge in [-0.05, 0) is 43.0 Å². The number of aryl methyl sites for hydroxylation is 1. The first-order chi connectivity index (χ1) is 6.22. The number of benzene rings is 1. The van der Waals surface area contributed by atoms with Crippen LogP contribution in [0.5, 0.6) is 0 Å². The van der Waals surface area contributed by atoms with Crippen molar-refractivity contribution in [3.8, 4) is 0 Å². The van der Waals surface area contributed by atoms with Crippen molar-refractivity contribution in [2.75, 3.05) is 6.54 Å². The van der Waals surface area contributed by atoms with Gasteiger partial charge in [-0.25, -0.2) is 0 Å². The lowest BCUT2D eigenvalue weighted by atomic mass is 10.0. The standard InChI is InChI=1S/C11H16ClN/c1-9(8-13)2-3-10-4-6-11(12)7-5-10/h4-7,9H,2-3,8,13H2,1H3. The van der Waals surface area contributed by atoms with Crippen molar-refractivity contribution in [1.29, 1.82) is 0 Å². The summed E-state index contributed by atoms with van der Waals surface area (Å²) in [5.74, 6) is 0.607. The van der Waals surface area contributed by atoms with E-state index in [-0.39, 0.29) is 0 Å². The first kappa shape index (κ1) is 10.6. The van der Waals surface area contributed by atoms with E-state index in [1.807, 2.05) is 12.1 Å². The minimum atomic E-state index is 0.607. The van der Waals surface area contributed by atoms with Gasteiger partial charge in [-0.2, -0.15) is 0 Å². The molecule has 0 radical (unpaired) electrons. The summed E-state index contributed by atoms with van der Waals surface area (Å²) in [6.07, 6.45) is 2.24. The molecule has 0 aliphatic rings. The van der Waals surface area contributed by atoms with E-state index in [0.29, 0.717) is 5.92 Å². The molecule has 2 N–H and O–H groups in total. The van der Waals surface area contributed by atoms with Gasteiger partial charge in [-0.1, -0.05) is 30.7 Å². The number of rotatable bonds is 4. The zero-order valence-corrected chi connectivity index (χ0v) is 8.72. The van der Waals surface area contributed by atoms with Crippen molar-refractivity contribution in [2.24, 2.45) is 11.7 Å². The van der Waals surface area contributed by atoms with Crippen LogP contribution < -0.4 is 5.73 Å². The normalized spacial score (nSPS) is 12.8. The number of hydrogen-bond acceptors (Lipinski definition) is 1. The van der Waals surface area contributed by atoms with Gasteiger partial charge in [0.25, 0.3) is 0 Å². The summed E-state index contributed by atoms with van der Waals surface area (Å²) < 4.78 is 0.